The minimum absolute atomic E-state index is 0.0240. The fraction of sp³-hybridized carbons (Fsp3) is 0.500. The third kappa shape index (κ3) is 3.17. The quantitative estimate of drug-likeness (QED) is 0.481. The Morgan fingerprint density at radius 2 is 2.29 bits per heavy atom. The van der Waals surface area contributed by atoms with Gasteiger partial charge in [0.05, 0.1) is 0 Å². The van der Waals surface area contributed by atoms with Gasteiger partial charge in [0.25, 0.3) is 11.7 Å². The Balaban J connectivity index is 2.19. The molecule has 4 N–H and O–H groups in total. The second-order valence-corrected chi connectivity index (χ2v) is 2.56. The number of amides is 2. The molecule has 0 aliphatic heterocycles. The highest BCUT2D eigenvalue weighted by molar-refractivity contribution is 5.90. The number of aromatic nitrogens is 4. The van der Waals surface area contributed by atoms with Crippen LogP contribution in [0, 0.1) is 0 Å². The van der Waals surface area contributed by atoms with Crippen molar-refractivity contribution in [2.45, 2.75) is 12.8 Å². The summed E-state index contributed by atoms with van der Waals surface area (Å²) in [7, 11) is 0. The van der Waals surface area contributed by atoms with Crippen LogP contribution in [0.3, 0.4) is 0 Å². The number of primary amides is 1. The molecule has 1 heterocycles. The second kappa shape index (κ2) is 4.90. The van der Waals surface area contributed by atoms with Crippen LogP contribution >= 0.6 is 0 Å². The zero-order chi connectivity index (χ0) is 10.4. The molecule has 0 unspecified atom stereocenters. The van der Waals surface area contributed by atoms with Gasteiger partial charge in [-0.15, -0.1) is 10.2 Å². The van der Waals surface area contributed by atoms with E-state index in [4.69, 9.17) is 5.73 Å². The maximum Gasteiger partial charge on any atom is 0.292 e. The number of nitrogens with two attached hydrogens (primary N) is 1. The average Bonchev–Trinajstić information content (AvgIpc) is 2.64. The van der Waals surface area contributed by atoms with Gasteiger partial charge < -0.3 is 11.1 Å². The molecule has 0 aliphatic carbocycles. The minimum Gasteiger partial charge on any atom is -0.370 e. The largest absolute Gasteiger partial charge is 0.370 e. The zero-order valence-corrected chi connectivity index (χ0v) is 7.36. The van der Waals surface area contributed by atoms with Crippen molar-refractivity contribution < 1.29 is 9.59 Å². The number of hydrogen-bond donors (Lipinski definition) is 3. The number of nitrogens with zero attached hydrogens (tertiary/aromatic N) is 3. The molecule has 0 saturated carbocycles. The number of rotatable bonds is 5. The van der Waals surface area contributed by atoms with Crippen molar-refractivity contribution in [2.75, 3.05) is 6.54 Å². The Labute approximate surface area is 79.2 Å². The van der Waals surface area contributed by atoms with E-state index in [-0.39, 0.29) is 18.2 Å². The van der Waals surface area contributed by atoms with Crippen LogP contribution in [0.5, 0.6) is 0 Å². The number of carbonyl (C=O) groups excluding carboxylic acids is 2. The standard InChI is InChI=1S/C6H10N6O2/c7-4(13)2-1-3-8-6(14)5-9-11-12-10-5/h1-3H2,(H2,7,13)(H,8,14)(H,9,10,11,12). The molecule has 0 bridgehead atoms. The van der Waals surface area contributed by atoms with Gasteiger partial charge in [-0.05, 0) is 11.6 Å². The Morgan fingerprint density at radius 3 is 2.86 bits per heavy atom. The fourth-order valence-corrected chi connectivity index (χ4v) is 0.802. The summed E-state index contributed by atoms with van der Waals surface area (Å²) in [5.74, 6) is -0.842. The van der Waals surface area contributed by atoms with Gasteiger partial charge in [-0.25, -0.2) is 0 Å². The molecule has 0 radical (unpaired) electrons. The molecule has 8 heteroatoms. The summed E-state index contributed by atoms with van der Waals surface area (Å²) >= 11 is 0. The highest BCUT2D eigenvalue weighted by Gasteiger charge is 2.08. The van der Waals surface area contributed by atoms with Crippen molar-refractivity contribution in [2.24, 2.45) is 5.73 Å². The van der Waals surface area contributed by atoms with Crippen LogP contribution in [0.25, 0.3) is 0 Å². The summed E-state index contributed by atoms with van der Waals surface area (Å²) in [6, 6.07) is 0. The molecule has 1 rings (SSSR count). The predicted molar refractivity (Wildman–Crippen MR) is 44.9 cm³/mol. The average molecular weight is 198 g/mol. The van der Waals surface area contributed by atoms with Crippen LogP contribution in [0.2, 0.25) is 0 Å². The molecule has 76 valence electrons. The number of H-pyrrole nitrogens is 1. The van der Waals surface area contributed by atoms with Crippen molar-refractivity contribution in [3.63, 3.8) is 0 Å². The van der Waals surface area contributed by atoms with Gasteiger partial charge in [0.2, 0.25) is 5.91 Å². The lowest BCUT2D eigenvalue weighted by Crippen LogP contribution is -2.26. The van der Waals surface area contributed by atoms with E-state index in [1.54, 1.807) is 0 Å². The number of aromatic amines is 1. The molecule has 0 spiro atoms. The van der Waals surface area contributed by atoms with Gasteiger partial charge in [-0.1, -0.05) is 0 Å². The molecular formula is C6H10N6O2. The van der Waals surface area contributed by atoms with Crippen LogP contribution in [-0.2, 0) is 4.79 Å². The molecule has 0 saturated heterocycles. The number of nitrogens with one attached hydrogen (secondary N) is 2. The van der Waals surface area contributed by atoms with Crippen LogP contribution in [-0.4, -0.2) is 39.0 Å². The Morgan fingerprint density at radius 1 is 1.50 bits per heavy atom. The van der Waals surface area contributed by atoms with Crippen molar-refractivity contribution in [1.29, 1.82) is 0 Å². The van der Waals surface area contributed by atoms with Gasteiger partial charge in [-0.3, -0.25) is 9.59 Å². The molecule has 0 fully saturated rings. The van der Waals surface area contributed by atoms with E-state index in [0.717, 1.165) is 0 Å². The number of carbonyl (C=O) groups is 2. The third-order valence-corrected chi connectivity index (χ3v) is 1.43. The van der Waals surface area contributed by atoms with E-state index in [9.17, 15) is 9.59 Å². The maximum absolute atomic E-state index is 11.1. The molecule has 8 nitrogen and oxygen atoms in total. The molecule has 14 heavy (non-hydrogen) atoms. The Hall–Kier alpha value is -1.99. The molecule has 1 aromatic heterocycles. The zero-order valence-electron chi connectivity index (χ0n) is 7.36. The second-order valence-electron chi connectivity index (χ2n) is 2.56. The van der Waals surface area contributed by atoms with Crippen molar-refractivity contribution >= 4 is 11.8 Å². The first-order valence-corrected chi connectivity index (χ1v) is 4.00. The summed E-state index contributed by atoms with van der Waals surface area (Å²) in [6.45, 7) is 0.357. The van der Waals surface area contributed by atoms with E-state index in [1.807, 2.05) is 0 Å². The molecule has 1 aromatic rings. The van der Waals surface area contributed by atoms with E-state index in [0.29, 0.717) is 13.0 Å². The van der Waals surface area contributed by atoms with E-state index in [2.05, 4.69) is 25.9 Å². The first-order chi connectivity index (χ1) is 6.70. The van der Waals surface area contributed by atoms with Gasteiger partial charge in [-0.2, -0.15) is 5.21 Å². The summed E-state index contributed by atoms with van der Waals surface area (Å²) in [6.07, 6.45) is 0.742. The van der Waals surface area contributed by atoms with Crippen LogP contribution in [0.1, 0.15) is 23.5 Å². The van der Waals surface area contributed by atoms with E-state index in [1.165, 1.54) is 0 Å². The van der Waals surface area contributed by atoms with Gasteiger partial charge in [0.15, 0.2) is 0 Å². The topological polar surface area (TPSA) is 127 Å². The first-order valence-electron chi connectivity index (χ1n) is 4.00. The number of tetrazole rings is 1. The molecule has 0 aliphatic rings. The van der Waals surface area contributed by atoms with Gasteiger partial charge >= 0.3 is 0 Å². The lowest BCUT2D eigenvalue weighted by atomic mass is 10.3. The first kappa shape index (κ1) is 10.1. The van der Waals surface area contributed by atoms with Crippen LogP contribution < -0.4 is 11.1 Å². The molecule has 2 amide bonds. The van der Waals surface area contributed by atoms with Crippen LogP contribution in [0.4, 0.5) is 0 Å². The molecule has 0 aromatic carbocycles. The monoisotopic (exact) mass is 198 g/mol. The fourth-order valence-electron chi connectivity index (χ4n) is 0.802. The Kier molecular flexibility index (Phi) is 3.53. The van der Waals surface area contributed by atoms with Crippen molar-refractivity contribution in [1.82, 2.24) is 25.9 Å². The summed E-state index contributed by atoms with van der Waals surface area (Å²) in [5, 5.41) is 14.8. The Bertz CT molecular complexity index is 308. The predicted octanol–water partition coefficient (Wildman–Crippen LogP) is -1.80. The molecular weight excluding hydrogens is 188 g/mol. The van der Waals surface area contributed by atoms with Crippen molar-refractivity contribution in [3.05, 3.63) is 5.82 Å². The summed E-state index contributed by atoms with van der Waals surface area (Å²) in [4.78, 5) is 21.5. The lowest BCUT2D eigenvalue weighted by molar-refractivity contribution is -0.118. The summed E-state index contributed by atoms with van der Waals surface area (Å²) in [5.41, 5.74) is 4.91. The smallest absolute Gasteiger partial charge is 0.292 e. The van der Waals surface area contributed by atoms with E-state index >= 15 is 0 Å². The van der Waals surface area contributed by atoms with Crippen LogP contribution in [0.15, 0.2) is 0 Å². The number of hydrogen-bond acceptors (Lipinski definition) is 5. The van der Waals surface area contributed by atoms with Crippen molar-refractivity contribution in [3.8, 4) is 0 Å². The minimum atomic E-state index is -0.428. The van der Waals surface area contributed by atoms with Gasteiger partial charge in [0.1, 0.15) is 0 Å². The highest BCUT2D eigenvalue weighted by atomic mass is 16.2. The third-order valence-electron chi connectivity index (χ3n) is 1.43. The molecule has 0 atom stereocenters. The van der Waals surface area contributed by atoms with E-state index < -0.39 is 5.91 Å². The highest BCUT2D eigenvalue weighted by Crippen LogP contribution is 1.87. The summed E-state index contributed by atoms with van der Waals surface area (Å²) < 4.78 is 0. The normalized spacial score (nSPS) is 9.71. The SMILES string of the molecule is NC(=O)CCCNC(=O)c1nn[nH]n1. The lowest BCUT2D eigenvalue weighted by Gasteiger charge is -1.99. The van der Waals surface area contributed by atoms with Gasteiger partial charge in [0, 0.05) is 13.0 Å². The maximum atomic E-state index is 11.1.